The summed E-state index contributed by atoms with van der Waals surface area (Å²) in [6.45, 7) is 24.8. The van der Waals surface area contributed by atoms with Gasteiger partial charge < -0.3 is 14.3 Å². The van der Waals surface area contributed by atoms with Gasteiger partial charge in [-0.1, -0.05) is 78.2 Å². The van der Waals surface area contributed by atoms with Crippen molar-refractivity contribution in [3.05, 3.63) is 0 Å². The maximum atomic E-state index is 9.98. The fourth-order valence-corrected chi connectivity index (χ4v) is 11.7. The van der Waals surface area contributed by atoms with E-state index in [1.165, 1.54) is 0 Å². The average molecular weight is 480 g/mol. The van der Waals surface area contributed by atoms with E-state index < -0.39 is 14.4 Å². The first kappa shape index (κ1) is 26.6. The van der Waals surface area contributed by atoms with E-state index in [4.69, 9.17) is 9.16 Å². The Morgan fingerprint density at radius 2 is 1.46 bits per heavy atom. The van der Waals surface area contributed by atoms with Crippen molar-refractivity contribution in [2.75, 3.05) is 0 Å². The first-order valence-electron chi connectivity index (χ1n) is 11.4. The summed E-state index contributed by atoms with van der Waals surface area (Å²) in [5.41, 5.74) is 1.61. The summed E-state index contributed by atoms with van der Waals surface area (Å²) >= 11 is 3.97. The van der Waals surface area contributed by atoms with Gasteiger partial charge in [0.2, 0.25) is 8.32 Å². The van der Waals surface area contributed by atoms with Gasteiger partial charge in [0, 0.05) is 10.2 Å². The molecule has 0 aromatic heterocycles. The zero-order valence-corrected chi connectivity index (χ0v) is 22.8. The Morgan fingerprint density at radius 1 is 1.00 bits per heavy atom. The first-order valence-corrected chi connectivity index (χ1v) is 14.4. The van der Waals surface area contributed by atoms with Crippen molar-refractivity contribution in [3.8, 4) is 0 Å². The molecule has 168 valence electrons. The van der Waals surface area contributed by atoms with Gasteiger partial charge >= 0.3 is 0 Å². The van der Waals surface area contributed by atoms with Gasteiger partial charge in [0.25, 0.3) is 0 Å². The molecule has 1 aliphatic carbocycles. The zero-order chi connectivity index (χ0) is 22.0. The standard InChI is InChI=1S/C23H47BrO3Si/c1-12-20(24)19-13-21(26-18(9)17(8)25)23(10,11)22(19)27-28(14(2)3,15(4)5)16(6)7/h14-22,25H,12-13H2,1-11H3/t17?,18?,19-,20+,21+,22-/m0/s1. The minimum absolute atomic E-state index is 0.0913. The normalized spacial score (nSPS) is 28.9. The van der Waals surface area contributed by atoms with Crippen molar-refractivity contribution in [3.63, 3.8) is 0 Å². The van der Waals surface area contributed by atoms with Crippen LogP contribution in [0.4, 0.5) is 0 Å². The van der Waals surface area contributed by atoms with Crippen molar-refractivity contribution >= 4 is 24.2 Å². The maximum Gasteiger partial charge on any atom is 0.200 e. The zero-order valence-electron chi connectivity index (χ0n) is 20.3. The molecule has 0 bridgehead atoms. The van der Waals surface area contributed by atoms with Crippen molar-refractivity contribution in [1.82, 2.24) is 0 Å². The number of halogens is 1. The van der Waals surface area contributed by atoms with Gasteiger partial charge in [0.15, 0.2) is 0 Å². The van der Waals surface area contributed by atoms with Gasteiger partial charge in [0.1, 0.15) is 0 Å². The molecule has 2 unspecified atom stereocenters. The Labute approximate surface area is 184 Å². The van der Waals surface area contributed by atoms with Crippen LogP contribution in [0.25, 0.3) is 0 Å². The molecule has 0 amide bonds. The van der Waals surface area contributed by atoms with Crippen LogP contribution in [0.3, 0.4) is 0 Å². The van der Waals surface area contributed by atoms with E-state index in [2.05, 4.69) is 78.2 Å². The molecular weight excluding hydrogens is 432 g/mol. The fourth-order valence-electron chi connectivity index (χ4n) is 5.52. The second-order valence-corrected chi connectivity index (χ2v) is 17.2. The molecule has 0 radical (unpaired) electrons. The van der Waals surface area contributed by atoms with Gasteiger partial charge in [-0.2, -0.15) is 0 Å². The third kappa shape index (κ3) is 5.24. The third-order valence-electron chi connectivity index (χ3n) is 7.39. The number of aliphatic hydroxyl groups is 1. The lowest BCUT2D eigenvalue weighted by Crippen LogP contribution is -2.54. The van der Waals surface area contributed by atoms with E-state index in [1.807, 2.05) is 13.8 Å². The second-order valence-electron chi connectivity index (χ2n) is 10.6. The molecule has 1 saturated carbocycles. The lowest BCUT2D eigenvalue weighted by Gasteiger charge is -2.48. The van der Waals surface area contributed by atoms with Crippen LogP contribution >= 0.6 is 15.9 Å². The second kappa shape index (κ2) is 10.3. The van der Waals surface area contributed by atoms with Gasteiger partial charge in [-0.15, -0.1) is 0 Å². The monoisotopic (exact) mass is 478 g/mol. The van der Waals surface area contributed by atoms with Crippen molar-refractivity contribution in [2.24, 2.45) is 11.3 Å². The Kier molecular flexibility index (Phi) is 9.75. The van der Waals surface area contributed by atoms with Crippen LogP contribution in [-0.2, 0) is 9.16 Å². The molecule has 0 aromatic carbocycles. The SMILES string of the molecule is CC[C@@H](Br)[C@@H]1C[C@@H](OC(C)C(C)O)C(C)(C)[C@H]1O[Si](C(C)C)(C(C)C)C(C)C. The Balaban J connectivity index is 3.33. The summed E-state index contributed by atoms with van der Waals surface area (Å²) in [6, 6.07) is 0. The first-order chi connectivity index (χ1) is 12.7. The molecular formula is C23H47BrO3Si. The van der Waals surface area contributed by atoms with Crippen LogP contribution in [0.2, 0.25) is 16.6 Å². The molecule has 1 N–H and O–H groups in total. The summed E-state index contributed by atoms with van der Waals surface area (Å²) in [5, 5.41) is 9.98. The fraction of sp³-hybridized carbons (Fsp3) is 1.00. The number of aliphatic hydroxyl groups excluding tert-OH is 1. The van der Waals surface area contributed by atoms with Gasteiger partial charge in [-0.05, 0) is 49.2 Å². The van der Waals surface area contributed by atoms with Gasteiger partial charge in [-0.3, -0.25) is 0 Å². The summed E-state index contributed by atoms with van der Waals surface area (Å²) in [5.74, 6) is 0.425. The van der Waals surface area contributed by atoms with Gasteiger partial charge in [-0.25, -0.2) is 0 Å². The summed E-state index contributed by atoms with van der Waals surface area (Å²) in [4.78, 5) is 0.422. The van der Waals surface area contributed by atoms with Gasteiger partial charge in [0.05, 0.1) is 24.4 Å². The minimum atomic E-state index is -2.00. The van der Waals surface area contributed by atoms with E-state index in [0.29, 0.717) is 27.4 Å². The maximum absolute atomic E-state index is 9.98. The highest BCUT2D eigenvalue weighted by Gasteiger charge is 2.57. The Morgan fingerprint density at radius 3 is 1.82 bits per heavy atom. The van der Waals surface area contributed by atoms with Crippen molar-refractivity contribution in [1.29, 1.82) is 0 Å². The molecule has 0 heterocycles. The molecule has 1 fully saturated rings. The molecule has 0 spiro atoms. The molecule has 0 aromatic rings. The highest BCUT2D eigenvalue weighted by atomic mass is 79.9. The number of hydrogen-bond donors (Lipinski definition) is 1. The molecule has 1 aliphatic rings. The molecule has 0 aliphatic heterocycles. The smallest absolute Gasteiger partial charge is 0.200 e. The number of alkyl halides is 1. The van der Waals surface area contributed by atoms with E-state index in [9.17, 15) is 5.11 Å². The predicted molar refractivity (Wildman–Crippen MR) is 127 cm³/mol. The van der Waals surface area contributed by atoms with Crippen LogP contribution in [0.5, 0.6) is 0 Å². The van der Waals surface area contributed by atoms with Crippen LogP contribution in [0, 0.1) is 11.3 Å². The molecule has 28 heavy (non-hydrogen) atoms. The molecule has 1 rings (SSSR count). The van der Waals surface area contributed by atoms with Crippen LogP contribution < -0.4 is 0 Å². The van der Waals surface area contributed by atoms with Crippen molar-refractivity contribution < 1.29 is 14.3 Å². The van der Waals surface area contributed by atoms with E-state index in [0.717, 1.165) is 12.8 Å². The molecule has 5 heteroatoms. The van der Waals surface area contributed by atoms with E-state index in [1.54, 1.807) is 0 Å². The lowest BCUT2D eigenvalue weighted by atomic mass is 9.84. The van der Waals surface area contributed by atoms with Crippen LogP contribution in [0.1, 0.15) is 89.0 Å². The Bertz CT molecular complexity index is 457. The highest BCUT2D eigenvalue weighted by molar-refractivity contribution is 9.09. The van der Waals surface area contributed by atoms with Crippen LogP contribution in [-0.4, -0.2) is 42.7 Å². The topological polar surface area (TPSA) is 38.7 Å². The molecule has 6 atom stereocenters. The average Bonchev–Trinajstić information content (AvgIpc) is 2.81. The Hall–Kier alpha value is 0.577. The van der Waals surface area contributed by atoms with Crippen LogP contribution in [0.15, 0.2) is 0 Å². The third-order valence-corrected chi connectivity index (χ3v) is 14.8. The predicted octanol–water partition coefficient (Wildman–Crippen LogP) is 6.92. The van der Waals surface area contributed by atoms with E-state index >= 15 is 0 Å². The summed E-state index contributed by atoms with van der Waals surface area (Å²) < 4.78 is 13.8. The lowest BCUT2D eigenvalue weighted by molar-refractivity contribution is -0.106. The van der Waals surface area contributed by atoms with E-state index in [-0.39, 0.29) is 23.7 Å². The quantitative estimate of drug-likeness (QED) is 0.273. The molecule has 0 saturated heterocycles. The number of hydrogen-bond acceptors (Lipinski definition) is 3. The highest BCUT2D eigenvalue weighted by Crippen LogP contribution is 2.53. The minimum Gasteiger partial charge on any atom is -0.412 e. The number of rotatable bonds is 10. The van der Waals surface area contributed by atoms with Crippen molar-refractivity contribution in [2.45, 2.75) is 135 Å². The summed E-state index contributed by atoms with van der Waals surface area (Å²) in [7, 11) is -2.00. The largest absolute Gasteiger partial charge is 0.412 e. The summed E-state index contributed by atoms with van der Waals surface area (Å²) in [6.07, 6.45) is 1.70. The molecule has 3 nitrogen and oxygen atoms in total. The number of ether oxygens (including phenoxy) is 1.